The fraction of sp³-hybridized carbons (Fsp3) is 0.139. The van der Waals surface area contributed by atoms with Gasteiger partial charge in [-0.2, -0.15) is 0 Å². The molecule has 0 radical (unpaired) electrons. The van der Waals surface area contributed by atoms with Crippen LogP contribution in [0.25, 0.3) is 26.3 Å². The molecule has 1 atom stereocenters. The maximum absolute atomic E-state index is 15.0. The van der Waals surface area contributed by atoms with Crippen LogP contribution in [0.5, 0.6) is 0 Å². The number of hydrogen-bond donors (Lipinski definition) is 3. The number of amides is 2. The number of nitrogens with one attached hydrogen (secondary N) is 3. The van der Waals surface area contributed by atoms with Crippen LogP contribution in [-0.2, 0) is 17.9 Å². The van der Waals surface area contributed by atoms with Crippen molar-refractivity contribution in [2.24, 2.45) is 0 Å². The average Bonchev–Trinajstić information content (AvgIpc) is 3.47. The number of hydrogen-bond acceptors (Lipinski definition) is 6. The van der Waals surface area contributed by atoms with Crippen molar-refractivity contribution in [2.45, 2.75) is 26.1 Å². The van der Waals surface area contributed by atoms with Crippen molar-refractivity contribution < 1.29 is 18.4 Å². The predicted octanol–water partition coefficient (Wildman–Crippen LogP) is 6.74. The maximum Gasteiger partial charge on any atom is 0.343 e. The number of hydroxylamine groups is 1. The van der Waals surface area contributed by atoms with Gasteiger partial charge in [0.2, 0.25) is 0 Å². The fourth-order valence-electron chi connectivity index (χ4n) is 5.53. The zero-order valence-electron chi connectivity index (χ0n) is 26.0. The molecule has 0 fully saturated rings. The van der Waals surface area contributed by atoms with Gasteiger partial charge in [0.15, 0.2) is 0 Å². The van der Waals surface area contributed by atoms with Crippen LogP contribution in [0.3, 0.4) is 0 Å². The molecule has 0 aliphatic rings. The molecule has 2 heterocycles. The van der Waals surface area contributed by atoms with Crippen LogP contribution < -0.4 is 27.4 Å². The van der Waals surface area contributed by atoms with Crippen LogP contribution in [0.2, 0.25) is 0 Å². The highest BCUT2D eigenvalue weighted by Crippen LogP contribution is 2.38. The van der Waals surface area contributed by atoms with Gasteiger partial charge in [-0.15, -0.1) is 11.3 Å². The summed E-state index contributed by atoms with van der Waals surface area (Å²) in [6.07, 6.45) is 0. The Bertz CT molecular complexity index is 2180. The van der Waals surface area contributed by atoms with Gasteiger partial charge in [0.05, 0.1) is 24.7 Å². The van der Waals surface area contributed by atoms with Crippen molar-refractivity contribution in [2.75, 3.05) is 12.4 Å². The summed E-state index contributed by atoms with van der Waals surface area (Å²) >= 11 is 1.19. The minimum Gasteiger partial charge on any atom is -0.306 e. The highest BCUT2D eigenvalue weighted by molar-refractivity contribution is 7.22. The van der Waals surface area contributed by atoms with E-state index in [0.717, 1.165) is 22.3 Å². The molecule has 3 N–H and O–H groups in total. The zero-order valence-corrected chi connectivity index (χ0v) is 26.8. The van der Waals surface area contributed by atoms with E-state index in [9.17, 15) is 23.2 Å². The summed E-state index contributed by atoms with van der Waals surface area (Å²) in [7, 11) is 1.32. The van der Waals surface area contributed by atoms with Gasteiger partial charge in [0, 0.05) is 28.7 Å². The molecule has 6 rings (SSSR count). The van der Waals surface area contributed by atoms with E-state index in [0.29, 0.717) is 27.4 Å². The first-order chi connectivity index (χ1) is 23.3. The summed E-state index contributed by atoms with van der Waals surface area (Å²) in [4.78, 5) is 46.2. The van der Waals surface area contributed by atoms with Gasteiger partial charge in [0.1, 0.15) is 16.5 Å². The monoisotopic (exact) mass is 667 g/mol. The van der Waals surface area contributed by atoms with Gasteiger partial charge in [0.25, 0.3) is 5.56 Å². The van der Waals surface area contributed by atoms with Gasteiger partial charge < -0.3 is 10.6 Å². The first-order valence-electron chi connectivity index (χ1n) is 15.0. The number of carbonyl (C=O) groups is 1. The Labute approximate surface area is 278 Å². The van der Waals surface area contributed by atoms with Crippen LogP contribution in [0.1, 0.15) is 29.7 Å². The van der Waals surface area contributed by atoms with Crippen molar-refractivity contribution >= 4 is 33.3 Å². The lowest BCUT2D eigenvalue weighted by atomic mass is 10.0. The topological polar surface area (TPSA) is 106 Å². The van der Waals surface area contributed by atoms with E-state index in [-0.39, 0.29) is 28.4 Å². The number of urea groups is 1. The molecule has 6 aromatic rings. The van der Waals surface area contributed by atoms with E-state index in [1.54, 1.807) is 54.6 Å². The quantitative estimate of drug-likeness (QED) is 0.140. The molecule has 0 saturated carbocycles. The van der Waals surface area contributed by atoms with Crippen LogP contribution in [0.15, 0.2) is 113 Å². The summed E-state index contributed by atoms with van der Waals surface area (Å²) in [5.74, 6) is -1.60. The molecule has 2 amide bonds. The summed E-state index contributed by atoms with van der Waals surface area (Å²) in [6.45, 7) is 1.80. The second-order valence-electron chi connectivity index (χ2n) is 11.0. The summed E-state index contributed by atoms with van der Waals surface area (Å²) in [5.41, 5.74) is 3.80. The molecular weight excluding hydrogens is 636 g/mol. The number of aromatic nitrogens is 2. The molecule has 244 valence electrons. The van der Waals surface area contributed by atoms with Crippen molar-refractivity contribution in [1.82, 2.24) is 19.9 Å². The van der Waals surface area contributed by atoms with Crippen LogP contribution in [0, 0.1) is 11.6 Å². The van der Waals surface area contributed by atoms with Gasteiger partial charge in [-0.3, -0.25) is 14.2 Å². The summed E-state index contributed by atoms with van der Waals surface area (Å²) in [6, 6.07) is 28.1. The molecule has 2 aromatic heterocycles. The molecule has 0 bridgehead atoms. The number of nitrogens with zero attached hydrogens (tertiary/aromatic N) is 2. The molecular formula is C36H31F2N5O4S. The third-order valence-electron chi connectivity index (χ3n) is 7.95. The van der Waals surface area contributed by atoms with E-state index < -0.39 is 35.5 Å². The lowest BCUT2D eigenvalue weighted by Crippen LogP contribution is -2.39. The second kappa shape index (κ2) is 14.1. The van der Waals surface area contributed by atoms with Crippen molar-refractivity contribution in [1.29, 1.82) is 0 Å². The number of para-hydroxylation sites is 1. The van der Waals surface area contributed by atoms with Gasteiger partial charge >= 0.3 is 11.7 Å². The average molecular weight is 668 g/mol. The third kappa shape index (κ3) is 6.54. The molecule has 12 heteroatoms. The summed E-state index contributed by atoms with van der Waals surface area (Å²) < 4.78 is 32.3. The molecule has 0 aliphatic heterocycles. The van der Waals surface area contributed by atoms with E-state index in [2.05, 4.69) is 21.0 Å². The molecule has 0 spiro atoms. The number of benzene rings is 4. The van der Waals surface area contributed by atoms with Crippen LogP contribution in [-0.4, -0.2) is 22.3 Å². The molecule has 48 heavy (non-hydrogen) atoms. The lowest BCUT2D eigenvalue weighted by Gasteiger charge is -2.16. The normalized spacial score (nSPS) is 11.8. The Hall–Kier alpha value is -5.43. The molecule has 0 unspecified atom stereocenters. The second-order valence-corrected chi connectivity index (χ2v) is 12.0. The highest BCUT2D eigenvalue weighted by atomic mass is 32.1. The smallest absolute Gasteiger partial charge is 0.306 e. The Morgan fingerprint density at radius 2 is 1.50 bits per heavy atom. The number of rotatable bonds is 10. The van der Waals surface area contributed by atoms with Gasteiger partial charge in [-0.1, -0.05) is 66.7 Å². The SMILES string of the molecule is CONC(=O)Nc1ccc(-c2sc3c(c2CN[C@H](C)c2ccccc2)c(=O)n(-c2ccccc2)c(=O)n3Cc2c(F)cccc2F)cc1. The molecule has 9 nitrogen and oxygen atoms in total. The van der Waals surface area contributed by atoms with Crippen molar-refractivity contribution in [3.8, 4) is 16.1 Å². The van der Waals surface area contributed by atoms with Crippen LogP contribution in [0.4, 0.5) is 19.3 Å². The van der Waals surface area contributed by atoms with E-state index in [1.807, 2.05) is 37.3 Å². The van der Waals surface area contributed by atoms with Gasteiger partial charge in [-0.05, 0) is 60.0 Å². The number of fused-ring (bicyclic) bond motifs is 1. The Balaban J connectivity index is 1.58. The number of thiophene rings is 1. The predicted molar refractivity (Wildman–Crippen MR) is 183 cm³/mol. The number of carbonyl (C=O) groups excluding carboxylic acids is 1. The van der Waals surface area contributed by atoms with Crippen molar-refractivity contribution in [3.05, 3.63) is 152 Å². The van der Waals surface area contributed by atoms with Crippen LogP contribution >= 0.6 is 11.3 Å². The number of halogens is 2. The molecule has 4 aromatic carbocycles. The molecule has 0 aliphatic carbocycles. The minimum absolute atomic E-state index is 0.102. The largest absolute Gasteiger partial charge is 0.343 e. The number of anilines is 1. The highest BCUT2D eigenvalue weighted by Gasteiger charge is 2.25. The van der Waals surface area contributed by atoms with Crippen molar-refractivity contribution in [3.63, 3.8) is 0 Å². The van der Waals surface area contributed by atoms with E-state index in [1.165, 1.54) is 29.1 Å². The third-order valence-corrected chi connectivity index (χ3v) is 9.25. The molecule has 0 saturated heterocycles. The van der Waals surface area contributed by atoms with E-state index >= 15 is 0 Å². The minimum atomic E-state index is -0.802. The zero-order chi connectivity index (χ0) is 33.8. The fourth-order valence-corrected chi connectivity index (χ4v) is 6.84. The first kappa shape index (κ1) is 32.5. The van der Waals surface area contributed by atoms with E-state index in [4.69, 9.17) is 0 Å². The van der Waals surface area contributed by atoms with Gasteiger partial charge in [-0.25, -0.2) is 28.4 Å². The maximum atomic E-state index is 15.0. The Morgan fingerprint density at radius 3 is 2.15 bits per heavy atom. The summed E-state index contributed by atoms with van der Waals surface area (Å²) in [5, 5.41) is 6.43. The Morgan fingerprint density at radius 1 is 0.854 bits per heavy atom. The first-order valence-corrected chi connectivity index (χ1v) is 15.9. The Kier molecular flexibility index (Phi) is 9.57. The lowest BCUT2D eigenvalue weighted by molar-refractivity contribution is 0.114. The standard InChI is InChI=1S/C36H31F2N5O4S/c1-22(23-10-5-3-6-11-23)39-20-27-31-33(44)43(26-12-7-4-8-13-26)36(46)42(21-28-29(37)14-9-15-30(28)38)34(31)48-32(27)24-16-18-25(19-17-24)40-35(45)41-47-2/h3-19,22,39H,20-21H2,1-2H3,(H2,40,41,45)/t22-/m1/s1.